The Balaban J connectivity index is 1.79. The zero-order valence-electron chi connectivity index (χ0n) is 15.4. The van der Waals surface area contributed by atoms with Gasteiger partial charge in [-0.15, -0.1) is 0 Å². The van der Waals surface area contributed by atoms with Crippen LogP contribution in [0.25, 0.3) is 0 Å². The molecule has 2 heterocycles. The van der Waals surface area contributed by atoms with E-state index in [0.29, 0.717) is 22.7 Å². The molecule has 1 aromatic carbocycles. The van der Waals surface area contributed by atoms with E-state index in [-0.39, 0.29) is 17.9 Å². The molecule has 1 atom stereocenters. The molecule has 3 rings (SSSR count). The summed E-state index contributed by atoms with van der Waals surface area (Å²) in [6.45, 7) is 5.36. The minimum absolute atomic E-state index is 0.0903. The van der Waals surface area contributed by atoms with Crippen molar-refractivity contribution in [2.24, 2.45) is 0 Å². The predicted molar refractivity (Wildman–Crippen MR) is 110 cm³/mol. The number of hydrogen-bond donors (Lipinski definition) is 1. The summed E-state index contributed by atoms with van der Waals surface area (Å²) in [7, 11) is 0. The Morgan fingerprint density at radius 2 is 2.04 bits per heavy atom. The van der Waals surface area contributed by atoms with Crippen LogP contribution in [0.15, 0.2) is 36.5 Å². The number of aromatic nitrogens is 1. The first kappa shape index (κ1) is 19.9. The number of nitrogens with one attached hydrogen (secondary N) is 1. The van der Waals surface area contributed by atoms with Crippen LogP contribution in [-0.2, 0) is 4.79 Å². The second kappa shape index (κ2) is 7.63. The number of nitrogens with zero attached hydrogens (tertiary/aromatic N) is 3. The third-order valence-corrected chi connectivity index (χ3v) is 4.52. The van der Waals surface area contributed by atoms with Crippen LogP contribution < -0.4 is 19.7 Å². The van der Waals surface area contributed by atoms with Gasteiger partial charge in [0.25, 0.3) is 5.91 Å². The summed E-state index contributed by atoms with van der Waals surface area (Å²) >= 11 is 1.88. The largest absolute Gasteiger partial charge is 0.489 e. The summed E-state index contributed by atoms with van der Waals surface area (Å²) in [6.07, 6.45) is 1.30. The lowest BCUT2D eigenvalue weighted by Gasteiger charge is -2.15. The Morgan fingerprint density at radius 3 is 2.57 bits per heavy atom. The molecule has 1 aromatic heterocycles. The normalized spacial score (nSPS) is 18.8. The highest BCUT2D eigenvalue weighted by Gasteiger charge is 2.46. The lowest BCUT2D eigenvalue weighted by molar-refractivity contribution is -0.118. The maximum atomic E-state index is 12.3. The smallest absolute Gasteiger partial charge is 0.330 e. The van der Waals surface area contributed by atoms with Crippen LogP contribution in [0.3, 0.4) is 0 Å². The molecule has 1 aliphatic rings. The van der Waals surface area contributed by atoms with Crippen molar-refractivity contribution in [2.45, 2.75) is 30.4 Å². The molecule has 1 saturated heterocycles. The van der Waals surface area contributed by atoms with E-state index >= 15 is 0 Å². The molecular formula is C19H17IN4O4. The van der Waals surface area contributed by atoms with E-state index in [4.69, 9.17) is 9.47 Å². The van der Waals surface area contributed by atoms with Crippen molar-refractivity contribution < 1.29 is 19.1 Å². The summed E-state index contributed by atoms with van der Waals surface area (Å²) in [5.41, 5.74) is 0.753. The number of ether oxygens (including phenoxy) is 2. The standard InChI is InChI=1S/C19H17IN4O4/c1-11(2)27-15-8-14(6-4-12(15)9-21)28-16-7-5-13(10-22-16)24-17(25)19(3,20)23-18(24)26/h4-8,10-11H,1-3H3,(H,23,26)/t19-/m0/s1. The van der Waals surface area contributed by atoms with Crippen LogP contribution in [-0.4, -0.2) is 26.6 Å². The second-order valence-corrected chi connectivity index (χ2v) is 8.62. The summed E-state index contributed by atoms with van der Waals surface area (Å²) < 4.78 is 10.4. The molecule has 0 unspecified atom stereocenters. The third-order valence-electron chi connectivity index (χ3n) is 3.79. The van der Waals surface area contributed by atoms with Gasteiger partial charge in [0.15, 0.2) is 3.55 Å². The first-order valence-electron chi connectivity index (χ1n) is 8.41. The molecular weight excluding hydrogens is 475 g/mol. The number of alkyl halides is 1. The average molecular weight is 492 g/mol. The fourth-order valence-electron chi connectivity index (χ4n) is 2.54. The molecule has 9 heteroatoms. The predicted octanol–water partition coefficient (Wildman–Crippen LogP) is 3.74. The van der Waals surface area contributed by atoms with Crippen molar-refractivity contribution in [1.82, 2.24) is 10.3 Å². The van der Waals surface area contributed by atoms with E-state index in [9.17, 15) is 14.9 Å². The van der Waals surface area contributed by atoms with Gasteiger partial charge >= 0.3 is 6.03 Å². The molecule has 1 aliphatic heterocycles. The Hall–Kier alpha value is -2.87. The van der Waals surface area contributed by atoms with Crippen LogP contribution in [0.4, 0.5) is 10.5 Å². The van der Waals surface area contributed by atoms with E-state index in [1.807, 2.05) is 36.4 Å². The van der Waals surface area contributed by atoms with Gasteiger partial charge in [0.1, 0.15) is 17.6 Å². The van der Waals surface area contributed by atoms with E-state index in [1.54, 1.807) is 37.3 Å². The van der Waals surface area contributed by atoms with Gasteiger partial charge in [-0.25, -0.2) is 14.7 Å². The lowest BCUT2D eigenvalue weighted by atomic mass is 10.2. The third kappa shape index (κ3) is 4.01. The first-order valence-corrected chi connectivity index (χ1v) is 9.49. The van der Waals surface area contributed by atoms with Gasteiger partial charge in [-0.2, -0.15) is 5.26 Å². The SMILES string of the molecule is CC(C)Oc1cc(Oc2ccc(N3C(=O)N[C@](C)(I)C3=O)cn2)ccc1C#N. The number of hydrogen-bond acceptors (Lipinski definition) is 6. The van der Waals surface area contributed by atoms with Gasteiger partial charge in [-0.1, -0.05) is 0 Å². The number of imide groups is 1. The number of urea groups is 1. The number of anilines is 1. The molecule has 8 nitrogen and oxygen atoms in total. The number of carbonyl (C=O) groups excluding carboxylic acids is 2. The molecule has 0 spiro atoms. The number of rotatable bonds is 5. The number of benzene rings is 1. The molecule has 1 fully saturated rings. The van der Waals surface area contributed by atoms with Crippen LogP contribution in [0, 0.1) is 11.3 Å². The first-order chi connectivity index (χ1) is 13.2. The van der Waals surface area contributed by atoms with E-state index in [0.717, 1.165) is 4.90 Å². The number of halogens is 1. The van der Waals surface area contributed by atoms with Crippen molar-refractivity contribution in [3.63, 3.8) is 0 Å². The molecule has 0 radical (unpaired) electrons. The quantitative estimate of drug-likeness (QED) is 0.295. The summed E-state index contributed by atoms with van der Waals surface area (Å²) in [4.78, 5) is 29.6. The van der Waals surface area contributed by atoms with Gasteiger partial charge in [0, 0.05) is 12.1 Å². The Labute approximate surface area is 175 Å². The molecule has 0 saturated carbocycles. The highest BCUT2D eigenvalue weighted by Crippen LogP contribution is 2.31. The number of carbonyl (C=O) groups is 2. The van der Waals surface area contributed by atoms with Crippen molar-refractivity contribution in [3.8, 4) is 23.4 Å². The zero-order valence-corrected chi connectivity index (χ0v) is 17.6. The summed E-state index contributed by atoms with van der Waals surface area (Å²) in [5, 5.41) is 11.8. The van der Waals surface area contributed by atoms with Gasteiger partial charge < -0.3 is 14.8 Å². The van der Waals surface area contributed by atoms with Gasteiger partial charge in [-0.05, 0) is 61.6 Å². The molecule has 28 heavy (non-hydrogen) atoms. The van der Waals surface area contributed by atoms with Crippen LogP contribution in [0.1, 0.15) is 26.3 Å². The molecule has 3 amide bonds. The molecule has 0 bridgehead atoms. The molecule has 0 aliphatic carbocycles. The van der Waals surface area contributed by atoms with Crippen LogP contribution in [0.5, 0.6) is 17.4 Å². The fourth-order valence-corrected chi connectivity index (χ4v) is 3.01. The second-order valence-electron chi connectivity index (χ2n) is 6.47. The summed E-state index contributed by atoms with van der Waals surface area (Å²) in [5.74, 6) is 0.779. The van der Waals surface area contributed by atoms with Crippen molar-refractivity contribution in [2.75, 3.05) is 4.90 Å². The summed E-state index contributed by atoms with van der Waals surface area (Å²) in [6, 6.07) is 9.57. The molecule has 144 valence electrons. The highest BCUT2D eigenvalue weighted by atomic mass is 127. The minimum atomic E-state index is -0.987. The maximum absolute atomic E-state index is 12.3. The van der Waals surface area contributed by atoms with Crippen LogP contribution in [0.2, 0.25) is 0 Å². The monoisotopic (exact) mass is 492 g/mol. The van der Waals surface area contributed by atoms with E-state index in [2.05, 4.69) is 16.4 Å². The van der Waals surface area contributed by atoms with Crippen LogP contribution >= 0.6 is 22.6 Å². The Kier molecular flexibility index (Phi) is 5.42. The van der Waals surface area contributed by atoms with Crippen molar-refractivity contribution in [1.29, 1.82) is 5.26 Å². The van der Waals surface area contributed by atoms with Crippen molar-refractivity contribution >= 4 is 40.2 Å². The molecule has 2 aromatic rings. The van der Waals surface area contributed by atoms with E-state index < -0.39 is 9.58 Å². The maximum Gasteiger partial charge on any atom is 0.330 e. The van der Waals surface area contributed by atoms with Crippen molar-refractivity contribution in [3.05, 3.63) is 42.1 Å². The van der Waals surface area contributed by atoms with E-state index in [1.165, 1.54) is 6.20 Å². The highest BCUT2D eigenvalue weighted by molar-refractivity contribution is 14.1. The average Bonchev–Trinajstić information content (AvgIpc) is 2.83. The fraction of sp³-hybridized carbons (Fsp3) is 0.263. The number of pyridine rings is 1. The Morgan fingerprint density at radius 1 is 1.29 bits per heavy atom. The van der Waals surface area contributed by atoms with Gasteiger partial charge in [0.2, 0.25) is 5.88 Å². The molecule has 1 N–H and O–H groups in total. The topological polar surface area (TPSA) is 105 Å². The Bertz CT molecular complexity index is 967. The van der Waals surface area contributed by atoms with Gasteiger partial charge in [-0.3, -0.25) is 4.79 Å². The number of nitriles is 1. The zero-order chi connectivity index (χ0) is 20.5. The lowest BCUT2D eigenvalue weighted by Crippen LogP contribution is -2.36. The van der Waals surface area contributed by atoms with Gasteiger partial charge in [0.05, 0.1) is 23.6 Å². The minimum Gasteiger partial charge on any atom is -0.489 e. The number of amides is 3.